The lowest BCUT2D eigenvalue weighted by atomic mass is 10.3. The number of alkyl halides is 1. The zero-order valence-corrected chi connectivity index (χ0v) is 11.3. The summed E-state index contributed by atoms with van der Waals surface area (Å²) in [5, 5.41) is 0. The van der Waals surface area contributed by atoms with E-state index in [1.165, 1.54) is 0 Å². The fourth-order valence-corrected chi connectivity index (χ4v) is 2.24. The Labute approximate surface area is 107 Å². The first-order valence-corrected chi connectivity index (χ1v) is 6.28. The summed E-state index contributed by atoms with van der Waals surface area (Å²) < 4.78 is 8.21. The largest absolute Gasteiger partial charge is 0.383 e. The third-order valence-electron chi connectivity index (χ3n) is 2.43. The van der Waals surface area contributed by atoms with Crippen LogP contribution in [-0.4, -0.2) is 23.3 Å². The van der Waals surface area contributed by atoms with Gasteiger partial charge in [0.2, 0.25) is 0 Å². The van der Waals surface area contributed by atoms with Crippen molar-refractivity contribution in [3.8, 4) is 0 Å². The third kappa shape index (κ3) is 2.24. The van der Waals surface area contributed by atoms with Crippen LogP contribution in [0, 0.1) is 0 Å². The summed E-state index contributed by atoms with van der Waals surface area (Å²) in [6, 6.07) is 6.04. The fourth-order valence-electron chi connectivity index (χ4n) is 1.69. The van der Waals surface area contributed by atoms with Gasteiger partial charge in [-0.2, -0.15) is 0 Å². The number of imidazole rings is 1. The summed E-state index contributed by atoms with van der Waals surface area (Å²) in [7, 11) is 1.69. The van der Waals surface area contributed by atoms with Gasteiger partial charge >= 0.3 is 0 Å². The van der Waals surface area contributed by atoms with Gasteiger partial charge in [-0.3, -0.25) is 0 Å². The number of hydrogen-bond acceptors (Lipinski definition) is 2. The Hall–Kier alpha value is -0.580. The molecule has 0 fully saturated rings. The van der Waals surface area contributed by atoms with E-state index < -0.39 is 0 Å². The Morgan fingerprint density at radius 3 is 3.00 bits per heavy atom. The maximum absolute atomic E-state index is 5.89. The molecule has 0 atom stereocenters. The van der Waals surface area contributed by atoms with Crippen molar-refractivity contribution >= 4 is 38.6 Å². The highest BCUT2D eigenvalue weighted by atomic mass is 79.9. The van der Waals surface area contributed by atoms with E-state index in [4.69, 9.17) is 16.3 Å². The van der Waals surface area contributed by atoms with Crippen LogP contribution in [0.3, 0.4) is 0 Å². The Bertz CT molecular complexity index is 498. The van der Waals surface area contributed by atoms with Crippen LogP contribution >= 0.6 is 27.5 Å². The maximum atomic E-state index is 5.89. The van der Waals surface area contributed by atoms with Crippen LogP contribution in [0.5, 0.6) is 0 Å². The molecule has 0 aliphatic heterocycles. The molecule has 0 radical (unpaired) electrons. The second kappa shape index (κ2) is 5.17. The van der Waals surface area contributed by atoms with Crippen LogP contribution in [0.2, 0.25) is 0 Å². The van der Waals surface area contributed by atoms with E-state index in [1.54, 1.807) is 7.11 Å². The Morgan fingerprint density at radius 1 is 1.50 bits per heavy atom. The van der Waals surface area contributed by atoms with Gasteiger partial charge in [-0.25, -0.2) is 4.98 Å². The van der Waals surface area contributed by atoms with Crippen LogP contribution in [0.1, 0.15) is 5.82 Å². The molecular weight excluding hydrogens is 291 g/mol. The van der Waals surface area contributed by atoms with E-state index in [0.717, 1.165) is 27.9 Å². The standard InChI is InChI=1S/C11H12BrClN2O/c1-16-5-4-15-10-3-2-8(12)6-9(10)14-11(15)7-13/h2-3,6H,4-5,7H2,1H3. The number of hydrogen-bond donors (Lipinski definition) is 0. The minimum atomic E-state index is 0.413. The number of fused-ring (bicyclic) bond motifs is 1. The average molecular weight is 304 g/mol. The summed E-state index contributed by atoms with van der Waals surface area (Å²) in [4.78, 5) is 4.49. The first-order chi connectivity index (χ1) is 7.76. The van der Waals surface area contributed by atoms with Gasteiger partial charge in [-0.1, -0.05) is 15.9 Å². The monoisotopic (exact) mass is 302 g/mol. The van der Waals surface area contributed by atoms with Gasteiger partial charge in [0.15, 0.2) is 0 Å². The maximum Gasteiger partial charge on any atom is 0.124 e. The zero-order valence-electron chi connectivity index (χ0n) is 8.91. The van der Waals surface area contributed by atoms with Crippen molar-refractivity contribution in [2.45, 2.75) is 12.4 Å². The molecule has 0 unspecified atom stereocenters. The minimum Gasteiger partial charge on any atom is -0.383 e. The quantitative estimate of drug-likeness (QED) is 0.811. The lowest BCUT2D eigenvalue weighted by Gasteiger charge is -2.06. The van der Waals surface area contributed by atoms with Crippen LogP contribution in [-0.2, 0) is 17.2 Å². The summed E-state index contributed by atoms with van der Waals surface area (Å²) >= 11 is 9.32. The van der Waals surface area contributed by atoms with Crippen molar-refractivity contribution in [1.29, 1.82) is 0 Å². The second-order valence-electron chi connectivity index (χ2n) is 3.44. The van der Waals surface area contributed by atoms with Gasteiger partial charge < -0.3 is 9.30 Å². The molecule has 0 saturated carbocycles. The van der Waals surface area contributed by atoms with E-state index in [1.807, 2.05) is 18.2 Å². The molecule has 2 rings (SSSR count). The molecular formula is C11H12BrClN2O. The molecule has 1 aromatic heterocycles. The molecule has 86 valence electrons. The molecule has 1 heterocycles. The fraction of sp³-hybridized carbons (Fsp3) is 0.364. The van der Waals surface area contributed by atoms with Crippen LogP contribution in [0.4, 0.5) is 0 Å². The molecule has 0 saturated heterocycles. The number of ether oxygens (including phenoxy) is 1. The number of methoxy groups -OCH3 is 1. The molecule has 0 N–H and O–H groups in total. The highest BCUT2D eigenvalue weighted by molar-refractivity contribution is 9.10. The van der Waals surface area contributed by atoms with Crippen LogP contribution < -0.4 is 0 Å². The SMILES string of the molecule is COCCn1c(CCl)nc2cc(Br)ccc21. The van der Waals surface area contributed by atoms with Crippen molar-refractivity contribution in [1.82, 2.24) is 9.55 Å². The lowest BCUT2D eigenvalue weighted by molar-refractivity contribution is 0.187. The van der Waals surface area contributed by atoms with Crippen molar-refractivity contribution in [3.05, 3.63) is 28.5 Å². The highest BCUT2D eigenvalue weighted by Crippen LogP contribution is 2.21. The first-order valence-electron chi connectivity index (χ1n) is 4.96. The first kappa shape index (κ1) is 11.9. The Morgan fingerprint density at radius 2 is 2.31 bits per heavy atom. The number of nitrogens with zero attached hydrogens (tertiary/aromatic N) is 2. The predicted octanol–water partition coefficient (Wildman–Crippen LogP) is 3.18. The number of rotatable bonds is 4. The molecule has 2 aromatic rings. The lowest BCUT2D eigenvalue weighted by Crippen LogP contribution is -2.07. The Balaban J connectivity index is 2.50. The minimum absolute atomic E-state index is 0.413. The molecule has 0 amide bonds. The van der Waals surface area contributed by atoms with Gasteiger partial charge in [0.1, 0.15) is 5.82 Å². The number of aromatic nitrogens is 2. The van der Waals surface area contributed by atoms with E-state index in [2.05, 4.69) is 25.5 Å². The van der Waals surface area contributed by atoms with Gasteiger partial charge in [0, 0.05) is 18.1 Å². The van der Waals surface area contributed by atoms with Crippen molar-refractivity contribution in [2.75, 3.05) is 13.7 Å². The number of halogens is 2. The van der Waals surface area contributed by atoms with Crippen molar-refractivity contribution in [2.24, 2.45) is 0 Å². The van der Waals surface area contributed by atoms with Crippen molar-refractivity contribution < 1.29 is 4.74 Å². The van der Waals surface area contributed by atoms with E-state index in [9.17, 15) is 0 Å². The van der Waals surface area contributed by atoms with Gasteiger partial charge in [0.25, 0.3) is 0 Å². The molecule has 3 nitrogen and oxygen atoms in total. The molecule has 0 spiro atoms. The summed E-state index contributed by atoms with van der Waals surface area (Å²) in [5.74, 6) is 1.29. The Kier molecular flexibility index (Phi) is 3.84. The molecule has 16 heavy (non-hydrogen) atoms. The highest BCUT2D eigenvalue weighted by Gasteiger charge is 2.09. The summed E-state index contributed by atoms with van der Waals surface area (Å²) in [6.07, 6.45) is 0. The summed E-state index contributed by atoms with van der Waals surface area (Å²) in [5.41, 5.74) is 2.05. The summed E-state index contributed by atoms with van der Waals surface area (Å²) in [6.45, 7) is 1.43. The van der Waals surface area contributed by atoms with Crippen molar-refractivity contribution in [3.63, 3.8) is 0 Å². The predicted molar refractivity (Wildman–Crippen MR) is 68.9 cm³/mol. The third-order valence-corrected chi connectivity index (χ3v) is 3.16. The van der Waals surface area contributed by atoms with Crippen LogP contribution in [0.25, 0.3) is 11.0 Å². The smallest absolute Gasteiger partial charge is 0.124 e. The molecule has 0 bridgehead atoms. The second-order valence-corrected chi connectivity index (χ2v) is 4.62. The average Bonchev–Trinajstić information content (AvgIpc) is 2.63. The topological polar surface area (TPSA) is 27.1 Å². The van der Waals surface area contributed by atoms with E-state index >= 15 is 0 Å². The molecule has 0 aliphatic rings. The molecule has 5 heteroatoms. The molecule has 1 aromatic carbocycles. The van der Waals surface area contributed by atoms with Crippen LogP contribution in [0.15, 0.2) is 22.7 Å². The van der Waals surface area contributed by atoms with E-state index in [0.29, 0.717) is 12.5 Å². The van der Waals surface area contributed by atoms with E-state index in [-0.39, 0.29) is 0 Å². The van der Waals surface area contributed by atoms with Gasteiger partial charge in [0.05, 0.1) is 23.5 Å². The number of benzene rings is 1. The van der Waals surface area contributed by atoms with Gasteiger partial charge in [-0.15, -0.1) is 11.6 Å². The normalized spacial score (nSPS) is 11.2. The van der Waals surface area contributed by atoms with Gasteiger partial charge in [-0.05, 0) is 18.2 Å². The molecule has 0 aliphatic carbocycles. The zero-order chi connectivity index (χ0) is 11.5.